The summed E-state index contributed by atoms with van der Waals surface area (Å²) >= 11 is 0. The number of amides is 1. The minimum absolute atomic E-state index is 0.241. The Labute approximate surface area is 124 Å². The van der Waals surface area contributed by atoms with Gasteiger partial charge in [-0.05, 0) is 38.1 Å². The van der Waals surface area contributed by atoms with E-state index in [-0.39, 0.29) is 11.6 Å². The normalized spacial score (nSPS) is 10.3. The Morgan fingerprint density at radius 3 is 2.48 bits per heavy atom. The highest BCUT2D eigenvalue weighted by Gasteiger charge is 2.19. The van der Waals surface area contributed by atoms with Crippen LogP contribution in [0.3, 0.4) is 0 Å². The molecular weight excluding hydrogens is 267 g/mol. The second kappa shape index (κ2) is 6.39. The molecule has 4 heteroatoms. The first kappa shape index (κ1) is 15.0. The van der Waals surface area contributed by atoms with E-state index in [4.69, 9.17) is 0 Å². The highest BCUT2D eigenvalue weighted by atomic mass is 19.1. The Hall–Kier alpha value is -2.36. The molecule has 0 aromatic heterocycles. The molecule has 0 radical (unpaired) electrons. The molecule has 0 fully saturated rings. The van der Waals surface area contributed by atoms with Gasteiger partial charge in [0.15, 0.2) is 0 Å². The van der Waals surface area contributed by atoms with Gasteiger partial charge in [0.1, 0.15) is 5.82 Å². The molecule has 0 heterocycles. The second-order valence-electron chi connectivity index (χ2n) is 4.89. The van der Waals surface area contributed by atoms with Gasteiger partial charge in [-0.25, -0.2) is 4.39 Å². The maximum absolute atomic E-state index is 13.9. The molecule has 0 bridgehead atoms. The molecule has 0 saturated carbocycles. The summed E-state index contributed by atoms with van der Waals surface area (Å²) in [6.45, 7) is 4.40. The predicted octanol–water partition coefficient (Wildman–Crippen LogP) is 3.84. The van der Waals surface area contributed by atoms with E-state index in [0.717, 1.165) is 11.3 Å². The van der Waals surface area contributed by atoms with Crippen LogP contribution in [0.2, 0.25) is 0 Å². The minimum atomic E-state index is -0.417. The maximum Gasteiger partial charge on any atom is 0.260 e. The third-order valence-corrected chi connectivity index (χ3v) is 3.32. The number of halogens is 1. The summed E-state index contributed by atoms with van der Waals surface area (Å²) in [5.74, 6) is -0.658. The monoisotopic (exact) mass is 286 g/mol. The van der Waals surface area contributed by atoms with Crippen molar-refractivity contribution in [3.63, 3.8) is 0 Å². The molecule has 1 amide bonds. The summed E-state index contributed by atoms with van der Waals surface area (Å²) in [4.78, 5) is 14.1. The second-order valence-corrected chi connectivity index (χ2v) is 4.89. The van der Waals surface area contributed by atoms with Crippen molar-refractivity contribution in [2.45, 2.75) is 13.8 Å². The lowest BCUT2D eigenvalue weighted by molar-refractivity contribution is 0.0993. The van der Waals surface area contributed by atoms with Crippen LogP contribution in [0.1, 0.15) is 22.8 Å². The van der Waals surface area contributed by atoms with E-state index in [9.17, 15) is 9.18 Å². The van der Waals surface area contributed by atoms with Gasteiger partial charge < -0.3 is 10.2 Å². The van der Waals surface area contributed by atoms with Crippen molar-refractivity contribution in [1.82, 2.24) is 0 Å². The standard InChI is InChI=1S/C17H19FN2O/c1-4-19-16-14(6-5-7-15(16)18)17(21)20(3)13-10-8-12(2)9-11-13/h5-11,19H,4H2,1-3H3. The number of hydrogen-bond donors (Lipinski definition) is 1. The zero-order valence-electron chi connectivity index (χ0n) is 12.5. The lowest BCUT2D eigenvalue weighted by Crippen LogP contribution is -2.27. The summed E-state index contributed by atoms with van der Waals surface area (Å²) in [6, 6.07) is 12.2. The quantitative estimate of drug-likeness (QED) is 0.926. The number of nitrogens with zero attached hydrogens (tertiary/aromatic N) is 1. The number of aryl methyl sites for hydroxylation is 1. The highest BCUT2D eigenvalue weighted by molar-refractivity contribution is 6.09. The number of nitrogens with one attached hydrogen (secondary N) is 1. The van der Waals surface area contributed by atoms with Crippen molar-refractivity contribution in [1.29, 1.82) is 0 Å². The fraction of sp³-hybridized carbons (Fsp3) is 0.235. The van der Waals surface area contributed by atoms with Crippen LogP contribution in [0.15, 0.2) is 42.5 Å². The van der Waals surface area contributed by atoms with E-state index in [2.05, 4.69) is 5.32 Å². The van der Waals surface area contributed by atoms with E-state index in [1.165, 1.54) is 11.0 Å². The molecule has 110 valence electrons. The van der Waals surface area contributed by atoms with Crippen molar-refractivity contribution in [2.75, 3.05) is 23.8 Å². The fourth-order valence-electron chi connectivity index (χ4n) is 2.13. The number of anilines is 2. The number of carbonyl (C=O) groups is 1. The summed E-state index contributed by atoms with van der Waals surface area (Å²) in [6.07, 6.45) is 0. The van der Waals surface area contributed by atoms with Crippen LogP contribution in [0, 0.1) is 12.7 Å². The summed E-state index contributed by atoms with van der Waals surface area (Å²) in [7, 11) is 1.69. The van der Waals surface area contributed by atoms with Crippen molar-refractivity contribution in [2.24, 2.45) is 0 Å². The summed E-state index contributed by atoms with van der Waals surface area (Å²) < 4.78 is 13.9. The third kappa shape index (κ3) is 3.21. The topological polar surface area (TPSA) is 32.3 Å². The molecule has 3 nitrogen and oxygen atoms in total. The minimum Gasteiger partial charge on any atom is -0.382 e. The van der Waals surface area contributed by atoms with Crippen LogP contribution in [0.4, 0.5) is 15.8 Å². The summed E-state index contributed by atoms with van der Waals surface area (Å²) in [5, 5.41) is 2.92. The Morgan fingerprint density at radius 1 is 1.19 bits per heavy atom. The molecule has 0 aliphatic heterocycles. The van der Waals surface area contributed by atoms with Gasteiger partial charge in [0.25, 0.3) is 5.91 Å². The highest BCUT2D eigenvalue weighted by Crippen LogP contribution is 2.23. The van der Waals surface area contributed by atoms with Crippen molar-refractivity contribution in [3.05, 3.63) is 59.4 Å². The molecule has 0 saturated heterocycles. The third-order valence-electron chi connectivity index (χ3n) is 3.32. The first-order valence-electron chi connectivity index (χ1n) is 6.91. The van der Waals surface area contributed by atoms with Crippen LogP contribution >= 0.6 is 0 Å². The van der Waals surface area contributed by atoms with Gasteiger partial charge >= 0.3 is 0 Å². The molecule has 0 unspecified atom stereocenters. The molecule has 0 aliphatic carbocycles. The van der Waals surface area contributed by atoms with Crippen LogP contribution < -0.4 is 10.2 Å². The zero-order valence-corrected chi connectivity index (χ0v) is 12.5. The Kier molecular flexibility index (Phi) is 4.58. The average Bonchev–Trinajstić information content (AvgIpc) is 2.49. The van der Waals surface area contributed by atoms with Gasteiger partial charge in [0, 0.05) is 19.3 Å². The number of rotatable bonds is 4. The van der Waals surface area contributed by atoms with Crippen molar-refractivity contribution < 1.29 is 9.18 Å². The molecule has 0 atom stereocenters. The Balaban J connectivity index is 2.35. The molecule has 21 heavy (non-hydrogen) atoms. The number of benzene rings is 2. The Bertz CT molecular complexity index is 638. The van der Waals surface area contributed by atoms with E-state index in [1.807, 2.05) is 38.1 Å². The van der Waals surface area contributed by atoms with Crippen LogP contribution in [0.25, 0.3) is 0 Å². The first-order valence-corrected chi connectivity index (χ1v) is 6.91. The molecule has 0 spiro atoms. The molecular formula is C17H19FN2O. The summed E-state index contributed by atoms with van der Waals surface area (Å²) in [5.41, 5.74) is 2.49. The van der Waals surface area contributed by atoms with Crippen LogP contribution in [-0.2, 0) is 0 Å². The average molecular weight is 286 g/mol. The molecule has 0 aliphatic rings. The number of hydrogen-bond acceptors (Lipinski definition) is 2. The van der Waals surface area contributed by atoms with Gasteiger partial charge in [-0.15, -0.1) is 0 Å². The van der Waals surface area contributed by atoms with E-state index in [0.29, 0.717) is 12.1 Å². The van der Waals surface area contributed by atoms with Crippen LogP contribution in [0.5, 0.6) is 0 Å². The molecule has 2 aromatic carbocycles. The van der Waals surface area contributed by atoms with Gasteiger partial charge in [-0.2, -0.15) is 0 Å². The number of carbonyl (C=O) groups excluding carboxylic acids is 1. The van der Waals surface area contributed by atoms with E-state index in [1.54, 1.807) is 19.2 Å². The van der Waals surface area contributed by atoms with E-state index < -0.39 is 5.82 Å². The smallest absolute Gasteiger partial charge is 0.260 e. The van der Waals surface area contributed by atoms with Crippen molar-refractivity contribution >= 4 is 17.3 Å². The first-order chi connectivity index (χ1) is 10.0. The Morgan fingerprint density at radius 2 is 1.86 bits per heavy atom. The molecule has 2 rings (SSSR count). The van der Waals surface area contributed by atoms with E-state index >= 15 is 0 Å². The zero-order chi connectivity index (χ0) is 15.4. The van der Waals surface area contributed by atoms with Gasteiger partial charge in [-0.3, -0.25) is 4.79 Å². The largest absolute Gasteiger partial charge is 0.382 e. The number of para-hydroxylation sites is 1. The van der Waals surface area contributed by atoms with Gasteiger partial charge in [-0.1, -0.05) is 23.8 Å². The van der Waals surface area contributed by atoms with Gasteiger partial charge in [0.2, 0.25) is 0 Å². The fourth-order valence-corrected chi connectivity index (χ4v) is 2.13. The lowest BCUT2D eigenvalue weighted by Gasteiger charge is -2.20. The van der Waals surface area contributed by atoms with Crippen LogP contribution in [-0.4, -0.2) is 19.5 Å². The molecule has 2 aromatic rings. The maximum atomic E-state index is 13.9. The SMILES string of the molecule is CCNc1c(F)cccc1C(=O)N(C)c1ccc(C)cc1. The lowest BCUT2D eigenvalue weighted by atomic mass is 10.1. The van der Waals surface area contributed by atoms with Gasteiger partial charge in [0.05, 0.1) is 11.3 Å². The molecule has 1 N–H and O–H groups in total. The predicted molar refractivity (Wildman–Crippen MR) is 84.5 cm³/mol. The van der Waals surface area contributed by atoms with Crippen molar-refractivity contribution in [3.8, 4) is 0 Å².